The second-order valence-electron chi connectivity index (χ2n) is 6.95. The molecule has 28 heavy (non-hydrogen) atoms. The van der Waals surface area contributed by atoms with Gasteiger partial charge in [0, 0.05) is 52.5 Å². The minimum Gasteiger partial charge on any atom is -0.382 e. The summed E-state index contributed by atoms with van der Waals surface area (Å²) in [5.74, 6) is 3.07. The van der Waals surface area contributed by atoms with Crippen LogP contribution in [0.1, 0.15) is 37.8 Å². The number of nitrogens with zero attached hydrogens (tertiary/aromatic N) is 4. The molecule has 2 N–H and O–H groups in total. The van der Waals surface area contributed by atoms with Crippen LogP contribution in [0.25, 0.3) is 0 Å². The highest BCUT2D eigenvalue weighted by atomic mass is 16.5. The van der Waals surface area contributed by atoms with Crippen molar-refractivity contribution in [1.82, 2.24) is 25.4 Å². The Kier molecular flexibility index (Phi) is 10.9. The number of aryl methyl sites for hydroxylation is 1. The summed E-state index contributed by atoms with van der Waals surface area (Å²) in [7, 11) is 1.95. The lowest BCUT2D eigenvalue weighted by atomic mass is 10.1. The molecule has 0 bridgehead atoms. The molecule has 160 valence electrons. The number of ether oxygens (including phenoxy) is 3. The molecule has 2 rings (SSSR count). The Balaban J connectivity index is 1.69. The summed E-state index contributed by atoms with van der Waals surface area (Å²) >= 11 is 0. The van der Waals surface area contributed by atoms with Crippen LogP contribution in [0.2, 0.25) is 0 Å². The van der Waals surface area contributed by atoms with Crippen LogP contribution in [0.3, 0.4) is 0 Å². The number of guanidine groups is 1. The Hall–Kier alpha value is -1.71. The molecule has 0 aliphatic carbocycles. The summed E-state index contributed by atoms with van der Waals surface area (Å²) in [4.78, 5) is 4.64. The predicted molar refractivity (Wildman–Crippen MR) is 108 cm³/mol. The van der Waals surface area contributed by atoms with Crippen LogP contribution in [0.15, 0.2) is 4.99 Å². The molecule has 0 saturated carbocycles. The van der Waals surface area contributed by atoms with Crippen molar-refractivity contribution in [2.45, 2.75) is 39.7 Å². The van der Waals surface area contributed by atoms with E-state index in [1.165, 1.54) is 0 Å². The van der Waals surface area contributed by atoms with Crippen molar-refractivity contribution in [3.8, 4) is 0 Å². The van der Waals surface area contributed by atoms with Crippen LogP contribution < -0.4 is 10.6 Å². The molecule has 1 aliphatic heterocycles. The summed E-state index contributed by atoms with van der Waals surface area (Å²) in [5.41, 5.74) is 0. The Morgan fingerprint density at radius 2 is 1.96 bits per heavy atom. The number of hydrogen-bond acceptors (Lipinski definition) is 6. The van der Waals surface area contributed by atoms with E-state index in [1.807, 2.05) is 25.5 Å². The monoisotopic (exact) mass is 396 g/mol. The molecule has 0 amide bonds. The van der Waals surface area contributed by atoms with E-state index in [1.54, 1.807) is 0 Å². The van der Waals surface area contributed by atoms with Crippen LogP contribution in [-0.4, -0.2) is 73.5 Å². The lowest BCUT2D eigenvalue weighted by Gasteiger charge is -2.13. The third-order valence-corrected chi connectivity index (χ3v) is 4.66. The minimum absolute atomic E-state index is 0.482. The van der Waals surface area contributed by atoms with E-state index in [-0.39, 0.29) is 0 Å². The quantitative estimate of drug-likeness (QED) is 0.292. The van der Waals surface area contributed by atoms with Gasteiger partial charge in [0.05, 0.1) is 13.2 Å². The van der Waals surface area contributed by atoms with Gasteiger partial charge >= 0.3 is 0 Å². The van der Waals surface area contributed by atoms with Gasteiger partial charge in [-0.05, 0) is 33.1 Å². The highest BCUT2D eigenvalue weighted by molar-refractivity contribution is 5.79. The molecule has 1 saturated heterocycles. The van der Waals surface area contributed by atoms with Crippen molar-refractivity contribution < 1.29 is 14.2 Å². The molecule has 1 aromatic heterocycles. The Morgan fingerprint density at radius 3 is 2.57 bits per heavy atom. The van der Waals surface area contributed by atoms with Gasteiger partial charge in [0.2, 0.25) is 0 Å². The molecule has 0 spiro atoms. The molecule has 1 fully saturated rings. The largest absolute Gasteiger partial charge is 0.382 e. The predicted octanol–water partition coefficient (Wildman–Crippen LogP) is 1.03. The van der Waals surface area contributed by atoms with Crippen molar-refractivity contribution in [1.29, 1.82) is 0 Å². The van der Waals surface area contributed by atoms with E-state index in [0.717, 1.165) is 89.6 Å². The lowest BCUT2D eigenvalue weighted by Crippen LogP contribution is -2.39. The van der Waals surface area contributed by atoms with E-state index in [4.69, 9.17) is 14.2 Å². The summed E-state index contributed by atoms with van der Waals surface area (Å²) in [6.45, 7) is 10.8. The SMILES string of the molecule is CCOCCCNC(=NCc1nnc(C)n1C)NCCCOCC1CCOC1. The number of rotatable bonds is 13. The average molecular weight is 397 g/mol. The average Bonchev–Trinajstić information content (AvgIpc) is 3.32. The molecule has 0 radical (unpaired) electrons. The fourth-order valence-corrected chi connectivity index (χ4v) is 2.78. The van der Waals surface area contributed by atoms with Crippen LogP contribution in [0, 0.1) is 12.8 Å². The Labute approximate surface area is 168 Å². The second-order valence-corrected chi connectivity index (χ2v) is 6.95. The standard InChI is InChI=1S/C19H36N6O3/c1-4-26-10-5-8-20-19(22-13-18-24-23-16(2)25(18)3)21-9-6-11-27-14-17-7-12-28-15-17/h17H,4-15H2,1-3H3,(H2,20,21,22). The smallest absolute Gasteiger partial charge is 0.191 e. The summed E-state index contributed by atoms with van der Waals surface area (Å²) < 4.78 is 18.5. The number of nitrogens with one attached hydrogen (secondary N) is 2. The zero-order chi connectivity index (χ0) is 20.0. The van der Waals surface area contributed by atoms with Crippen molar-refractivity contribution in [2.24, 2.45) is 18.0 Å². The molecule has 1 atom stereocenters. The summed E-state index contributed by atoms with van der Waals surface area (Å²) in [6, 6.07) is 0. The number of aromatic nitrogens is 3. The molecule has 9 heteroatoms. The fraction of sp³-hybridized carbons (Fsp3) is 0.842. The van der Waals surface area contributed by atoms with Crippen molar-refractivity contribution >= 4 is 5.96 Å². The van der Waals surface area contributed by atoms with E-state index in [2.05, 4.69) is 25.8 Å². The first-order valence-corrected chi connectivity index (χ1v) is 10.3. The zero-order valence-corrected chi connectivity index (χ0v) is 17.6. The highest BCUT2D eigenvalue weighted by Crippen LogP contribution is 2.12. The van der Waals surface area contributed by atoms with Gasteiger partial charge in [-0.25, -0.2) is 4.99 Å². The summed E-state index contributed by atoms with van der Waals surface area (Å²) in [6.07, 6.45) is 2.97. The third kappa shape index (κ3) is 8.53. The van der Waals surface area contributed by atoms with Gasteiger partial charge in [0.15, 0.2) is 11.8 Å². The number of hydrogen-bond donors (Lipinski definition) is 2. The number of aliphatic imine (C=N–C) groups is 1. The molecule has 9 nitrogen and oxygen atoms in total. The zero-order valence-electron chi connectivity index (χ0n) is 17.6. The van der Waals surface area contributed by atoms with Crippen molar-refractivity contribution in [3.05, 3.63) is 11.6 Å². The Bertz CT molecular complexity index is 572. The first-order valence-electron chi connectivity index (χ1n) is 10.3. The van der Waals surface area contributed by atoms with Gasteiger partial charge in [-0.1, -0.05) is 0 Å². The highest BCUT2D eigenvalue weighted by Gasteiger charge is 2.15. The van der Waals surface area contributed by atoms with Crippen LogP contribution in [-0.2, 0) is 27.8 Å². The maximum Gasteiger partial charge on any atom is 0.191 e. The normalized spacial score (nSPS) is 17.2. The van der Waals surface area contributed by atoms with Gasteiger partial charge in [-0.3, -0.25) is 0 Å². The van der Waals surface area contributed by atoms with E-state index in [0.29, 0.717) is 12.5 Å². The molecule has 2 heterocycles. The molecule has 1 aromatic rings. The lowest BCUT2D eigenvalue weighted by molar-refractivity contribution is 0.0888. The van der Waals surface area contributed by atoms with Gasteiger partial charge in [-0.2, -0.15) is 0 Å². The maximum absolute atomic E-state index is 5.75. The first-order chi connectivity index (χ1) is 13.7. The van der Waals surface area contributed by atoms with Crippen LogP contribution in [0.5, 0.6) is 0 Å². The van der Waals surface area contributed by atoms with Gasteiger partial charge < -0.3 is 29.4 Å². The molecule has 1 unspecified atom stereocenters. The Morgan fingerprint density at radius 1 is 1.21 bits per heavy atom. The van der Waals surface area contributed by atoms with Gasteiger partial charge in [-0.15, -0.1) is 10.2 Å². The van der Waals surface area contributed by atoms with Gasteiger partial charge in [0.1, 0.15) is 12.4 Å². The molecular formula is C19H36N6O3. The first kappa shape index (κ1) is 22.6. The fourth-order valence-electron chi connectivity index (χ4n) is 2.78. The van der Waals surface area contributed by atoms with E-state index >= 15 is 0 Å². The molecule has 1 aliphatic rings. The van der Waals surface area contributed by atoms with Crippen LogP contribution >= 0.6 is 0 Å². The van der Waals surface area contributed by atoms with E-state index in [9.17, 15) is 0 Å². The van der Waals surface area contributed by atoms with E-state index < -0.39 is 0 Å². The third-order valence-electron chi connectivity index (χ3n) is 4.66. The second kappa shape index (κ2) is 13.5. The topological polar surface area (TPSA) is 94.8 Å². The van der Waals surface area contributed by atoms with Crippen LogP contribution in [0.4, 0.5) is 0 Å². The molecule has 0 aromatic carbocycles. The summed E-state index contributed by atoms with van der Waals surface area (Å²) in [5, 5.41) is 15.0. The minimum atomic E-state index is 0.482. The molecular weight excluding hydrogens is 360 g/mol. The maximum atomic E-state index is 5.75. The van der Waals surface area contributed by atoms with Gasteiger partial charge in [0.25, 0.3) is 0 Å². The van der Waals surface area contributed by atoms with Crippen molar-refractivity contribution in [3.63, 3.8) is 0 Å². The van der Waals surface area contributed by atoms with Crippen molar-refractivity contribution in [2.75, 3.05) is 52.7 Å².